The van der Waals surface area contributed by atoms with E-state index >= 15 is 0 Å². The number of nitrogens with one attached hydrogen (secondary N) is 1. The third kappa shape index (κ3) is 4.76. The van der Waals surface area contributed by atoms with Crippen molar-refractivity contribution in [3.63, 3.8) is 0 Å². The molecule has 1 fully saturated rings. The molecule has 1 unspecified atom stereocenters. The molecular formula is C16H24FNOS. The van der Waals surface area contributed by atoms with E-state index < -0.39 is 0 Å². The van der Waals surface area contributed by atoms with E-state index in [1.807, 2.05) is 12.1 Å². The molecule has 1 aromatic carbocycles. The molecule has 2 nitrogen and oxygen atoms in total. The average molecular weight is 297 g/mol. The molecule has 0 aliphatic carbocycles. The summed E-state index contributed by atoms with van der Waals surface area (Å²) in [6.45, 7) is 4.93. The zero-order valence-electron chi connectivity index (χ0n) is 12.1. The Bertz CT molecular complexity index is 396. The normalized spacial score (nSPS) is 18.1. The molecule has 1 heterocycles. The van der Waals surface area contributed by atoms with Crippen LogP contribution in [0, 0.1) is 11.7 Å². The van der Waals surface area contributed by atoms with Crippen LogP contribution < -0.4 is 5.32 Å². The van der Waals surface area contributed by atoms with Crippen molar-refractivity contribution in [2.45, 2.75) is 37.1 Å². The van der Waals surface area contributed by atoms with Gasteiger partial charge in [0.2, 0.25) is 0 Å². The molecule has 0 bridgehead atoms. The Morgan fingerprint density at radius 1 is 1.35 bits per heavy atom. The summed E-state index contributed by atoms with van der Waals surface area (Å²) >= 11 is 1.62. The predicted molar refractivity (Wildman–Crippen MR) is 82.7 cm³/mol. The fraction of sp³-hybridized carbons (Fsp3) is 0.625. The molecule has 0 aromatic heterocycles. The summed E-state index contributed by atoms with van der Waals surface area (Å²) in [7, 11) is 0. The zero-order chi connectivity index (χ0) is 14.2. The first-order valence-corrected chi connectivity index (χ1v) is 8.48. The van der Waals surface area contributed by atoms with Crippen molar-refractivity contribution in [2.75, 3.05) is 25.5 Å². The van der Waals surface area contributed by atoms with Gasteiger partial charge < -0.3 is 10.1 Å². The van der Waals surface area contributed by atoms with E-state index in [2.05, 4.69) is 12.2 Å². The van der Waals surface area contributed by atoms with Crippen LogP contribution in [0.1, 0.15) is 26.2 Å². The second kappa shape index (κ2) is 8.65. The van der Waals surface area contributed by atoms with Gasteiger partial charge in [0.15, 0.2) is 0 Å². The number of hydrogen-bond donors (Lipinski definition) is 1. The lowest BCUT2D eigenvalue weighted by molar-refractivity contribution is 0.0566. The van der Waals surface area contributed by atoms with Gasteiger partial charge >= 0.3 is 0 Å². The predicted octanol–water partition coefficient (Wildman–Crippen LogP) is 3.71. The summed E-state index contributed by atoms with van der Waals surface area (Å²) in [6, 6.07) is 7.48. The van der Waals surface area contributed by atoms with E-state index in [4.69, 9.17) is 4.74 Å². The van der Waals surface area contributed by atoms with E-state index in [0.29, 0.717) is 12.0 Å². The maximum atomic E-state index is 13.7. The Morgan fingerprint density at radius 2 is 2.10 bits per heavy atom. The molecule has 0 saturated carbocycles. The zero-order valence-corrected chi connectivity index (χ0v) is 12.9. The van der Waals surface area contributed by atoms with E-state index in [9.17, 15) is 4.39 Å². The highest BCUT2D eigenvalue weighted by Gasteiger charge is 2.23. The molecule has 2 rings (SSSR count). The van der Waals surface area contributed by atoms with Gasteiger partial charge in [-0.05, 0) is 43.9 Å². The van der Waals surface area contributed by atoms with Crippen molar-refractivity contribution in [1.29, 1.82) is 0 Å². The maximum Gasteiger partial charge on any atom is 0.136 e. The topological polar surface area (TPSA) is 21.3 Å². The largest absolute Gasteiger partial charge is 0.381 e. The third-order valence-electron chi connectivity index (χ3n) is 3.75. The molecule has 4 heteroatoms. The number of halogens is 1. The summed E-state index contributed by atoms with van der Waals surface area (Å²) in [5, 5.41) is 3.63. The van der Waals surface area contributed by atoms with Crippen LogP contribution >= 0.6 is 11.8 Å². The Kier molecular flexibility index (Phi) is 6.83. The first-order valence-electron chi connectivity index (χ1n) is 7.49. The molecule has 1 aliphatic rings. The van der Waals surface area contributed by atoms with Crippen LogP contribution in [0.15, 0.2) is 29.2 Å². The second-order valence-corrected chi connectivity index (χ2v) is 6.31. The van der Waals surface area contributed by atoms with Gasteiger partial charge in [-0.1, -0.05) is 19.1 Å². The monoisotopic (exact) mass is 297 g/mol. The van der Waals surface area contributed by atoms with E-state index in [1.54, 1.807) is 17.8 Å². The standard InChI is InChI=1S/C16H24FNOS/c1-2-9-18-15(13-7-10-19-11-8-13)12-20-16-6-4-3-5-14(16)17/h3-6,13,15,18H,2,7-12H2,1H3. The molecule has 0 radical (unpaired) electrons. The van der Waals surface area contributed by atoms with E-state index in [1.165, 1.54) is 6.07 Å². The van der Waals surface area contributed by atoms with Crippen LogP contribution in [0.2, 0.25) is 0 Å². The fourth-order valence-corrected chi connectivity index (χ4v) is 3.68. The third-order valence-corrected chi connectivity index (χ3v) is 4.91. The maximum absolute atomic E-state index is 13.7. The van der Waals surface area contributed by atoms with Crippen LogP contribution in [-0.2, 0) is 4.74 Å². The van der Waals surface area contributed by atoms with Crippen molar-refractivity contribution < 1.29 is 9.13 Å². The van der Waals surface area contributed by atoms with Gasteiger partial charge in [-0.2, -0.15) is 0 Å². The van der Waals surface area contributed by atoms with Crippen molar-refractivity contribution in [3.8, 4) is 0 Å². The minimum absolute atomic E-state index is 0.112. The molecule has 20 heavy (non-hydrogen) atoms. The molecule has 1 N–H and O–H groups in total. The number of ether oxygens (including phenoxy) is 1. The first kappa shape index (κ1) is 15.8. The molecule has 0 amide bonds. The van der Waals surface area contributed by atoms with E-state index in [-0.39, 0.29) is 5.82 Å². The minimum Gasteiger partial charge on any atom is -0.381 e. The summed E-state index contributed by atoms with van der Waals surface area (Å²) in [4.78, 5) is 0.753. The van der Waals surface area contributed by atoms with Crippen molar-refractivity contribution in [2.24, 2.45) is 5.92 Å². The second-order valence-electron chi connectivity index (χ2n) is 5.25. The number of benzene rings is 1. The van der Waals surface area contributed by atoms with Crippen LogP contribution in [0.4, 0.5) is 4.39 Å². The highest BCUT2D eigenvalue weighted by atomic mass is 32.2. The Balaban J connectivity index is 1.91. The number of thioether (sulfide) groups is 1. The van der Waals surface area contributed by atoms with Crippen molar-refractivity contribution in [1.82, 2.24) is 5.32 Å². The lowest BCUT2D eigenvalue weighted by Crippen LogP contribution is -2.41. The van der Waals surface area contributed by atoms with Gasteiger partial charge in [0, 0.05) is 29.9 Å². The Morgan fingerprint density at radius 3 is 2.80 bits per heavy atom. The smallest absolute Gasteiger partial charge is 0.136 e. The lowest BCUT2D eigenvalue weighted by Gasteiger charge is -2.31. The highest BCUT2D eigenvalue weighted by Crippen LogP contribution is 2.27. The van der Waals surface area contributed by atoms with Crippen LogP contribution in [0.3, 0.4) is 0 Å². The fourth-order valence-electron chi connectivity index (χ4n) is 2.55. The summed E-state index contributed by atoms with van der Waals surface area (Å²) in [6.07, 6.45) is 3.35. The molecule has 112 valence electrons. The van der Waals surface area contributed by atoms with Crippen LogP contribution in [0.5, 0.6) is 0 Å². The van der Waals surface area contributed by atoms with Gasteiger partial charge in [0.05, 0.1) is 0 Å². The molecule has 1 saturated heterocycles. The van der Waals surface area contributed by atoms with Gasteiger partial charge in [0.25, 0.3) is 0 Å². The summed E-state index contributed by atoms with van der Waals surface area (Å²) in [5.41, 5.74) is 0. The molecular weight excluding hydrogens is 273 g/mol. The molecule has 1 aliphatic heterocycles. The van der Waals surface area contributed by atoms with Gasteiger partial charge in [-0.15, -0.1) is 11.8 Å². The molecule has 1 aromatic rings. The quantitative estimate of drug-likeness (QED) is 0.775. The average Bonchev–Trinajstić information content (AvgIpc) is 2.50. The highest BCUT2D eigenvalue weighted by molar-refractivity contribution is 7.99. The van der Waals surface area contributed by atoms with Crippen molar-refractivity contribution >= 4 is 11.8 Å². The minimum atomic E-state index is -0.112. The first-order chi connectivity index (χ1) is 9.81. The lowest BCUT2D eigenvalue weighted by atomic mass is 9.93. The Labute approximate surface area is 125 Å². The Hall–Kier alpha value is -0.580. The summed E-state index contributed by atoms with van der Waals surface area (Å²) in [5.74, 6) is 1.46. The SMILES string of the molecule is CCCNC(CSc1ccccc1F)C1CCOCC1. The van der Waals surface area contributed by atoms with Crippen LogP contribution in [-0.4, -0.2) is 31.6 Å². The van der Waals surface area contributed by atoms with Gasteiger partial charge in [-0.25, -0.2) is 4.39 Å². The van der Waals surface area contributed by atoms with Gasteiger partial charge in [0.1, 0.15) is 5.82 Å². The van der Waals surface area contributed by atoms with Crippen LogP contribution in [0.25, 0.3) is 0 Å². The molecule has 0 spiro atoms. The van der Waals surface area contributed by atoms with E-state index in [0.717, 1.165) is 49.7 Å². The van der Waals surface area contributed by atoms with Crippen molar-refractivity contribution in [3.05, 3.63) is 30.1 Å². The summed E-state index contributed by atoms with van der Waals surface area (Å²) < 4.78 is 19.1. The number of rotatable bonds is 7. The van der Waals surface area contributed by atoms with Gasteiger partial charge in [-0.3, -0.25) is 0 Å². The number of hydrogen-bond acceptors (Lipinski definition) is 3. The molecule has 1 atom stereocenters.